The van der Waals surface area contributed by atoms with Crippen molar-refractivity contribution < 1.29 is 23.8 Å². The largest absolute Gasteiger partial charge is 0.493 e. The van der Waals surface area contributed by atoms with Crippen molar-refractivity contribution in [1.82, 2.24) is 10.7 Å². The van der Waals surface area contributed by atoms with Crippen molar-refractivity contribution in [1.29, 1.82) is 0 Å². The van der Waals surface area contributed by atoms with Gasteiger partial charge in [0.05, 0.1) is 33.1 Å². The van der Waals surface area contributed by atoms with Crippen molar-refractivity contribution >= 4 is 18.0 Å². The van der Waals surface area contributed by atoms with Gasteiger partial charge in [0.1, 0.15) is 5.75 Å². The summed E-state index contributed by atoms with van der Waals surface area (Å²) in [6.07, 6.45) is 1.51. The van der Waals surface area contributed by atoms with Crippen LogP contribution in [0.5, 0.6) is 17.2 Å². The molecule has 29 heavy (non-hydrogen) atoms. The van der Waals surface area contributed by atoms with Crippen LogP contribution in [0.4, 0.5) is 0 Å². The predicted octanol–water partition coefficient (Wildman–Crippen LogP) is 2.37. The van der Waals surface area contributed by atoms with Crippen molar-refractivity contribution in [3.63, 3.8) is 0 Å². The average Bonchev–Trinajstić information content (AvgIpc) is 2.72. The molecule has 8 heteroatoms. The van der Waals surface area contributed by atoms with E-state index < -0.39 is 11.8 Å². The number of carbonyl (C=O) groups is 2. The summed E-state index contributed by atoms with van der Waals surface area (Å²) in [5.41, 5.74) is 3.45. The predicted molar refractivity (Wildman–Crippen MR) is 110 cm³/mol. The van der Waals surface area contributed by atoms with Gasteiger partial charge in [-0.25, -0.2) is 5.43 Å². The van der Waals surface area contributed by atoms with Crippen LogP contribution in [0, 0.1) is 0 Å². The minimum absolute atomic E-state index is 0.0194. The van der Waals surface area contributed by atoms with Gasteiger partial charge in [-0.2, -0.15) is 5.10 Å². The SMILES string of the molecule is COc1ccc(C(=O)NCC(=O)N/N=C/c2ccccc2OC(C)C)cc1OC. The van der Waals surface area contributed by atoms with Gasteiger partial charge in [0.25, 0.3) is 11.8 Å². The highest BCUT2D eigenvalue weighted by Gasteiger charge is 2.11. The van der Waals surface area contributed by atoms with Gasteiger partial charge in [0.15, 0.2) is 11.5 Å². The fourth-order valence-corrected chi connectivity index (χ4v) is 2.40. The third-order valence-corrected chi connectivity index (χ3v) is 3.73. The molecule has 0 aliphatic rings. The Balaban J connectivity index is 1.89. The summed E-state index contributed by atoms with van der Waals surface area (Å²) in [4.78, 5) is 24.2. The quantitative estimate of drug-likeness (QED) is 0.498. The van der Waals surface area contributed by atoms with Crippen LogP contribution in [0.2, 0.25) is 0 Å². The number of nitrogens with one attached hydrogen (secondary N) is 2. The Hall–Kier alpha value is -3.55. The minimum atomic E-state index is -0.461. The zero-order chi connectivity index (χ0) is 21.2. The molecule has 0 heterocycles. The van der Waals surface area contributed by atoms with E-state index in [0.717, 1.165) is 5.56 Å². The molecule has 0 saturated heterocycles. The zero-order valence-electron chi connectivity index (χ0n) is 16.9. The third-order valence-electron chi connectivity index (χ3n) is 3.73. The molecule has 154 valence electrons. The molecule has 0 unspecified atom stereocenters. The van der Waals surface area contributed by atoms with Gasteiger partial charge in [-0.05, 0) is 44.2 Å². The van der Waals surface area contributed by atoms with Gasteiger partial charge < -0.3 is 19.5 Å². The van der Waals surface area contributed by atoms with Gasteiger partial charge in [-0.1, -0.05) is 12.1 Å². The number of para-hydroxylation sites is 1. The van der Waals surface area contributed by atoms with Crippen LogP contribution in [-0.4, -0.2) is 44.9 Å². The standard InChI is InChI=1S/C21H25N3O5/c1-14(2)29-17-8-6-5-7-16(17)12-23-24-20(25)13-22-21(26)15-9-10-18(27-3)19(11-15)28-4/h5-12,14H,13H2,1-4H3,(H,22,26)(H,24,25)/b23-12+. The average molecular weight is 399 g/mol. The lowest BCUT2D eigenvalue weighted by atomic mass is 10.2. The normalized spacial score (nSPS) is 10.7. The maximum atomic E-state index is 12.2. The molecule has 2 rings (SSSR count). The van der Waals surface area contributed by atoms with Gasteiger partial charge in [0.2, 0.25) is 0 Å². The van der Waals surface area contributed by atoms with E-state index in [1.807, 2.05) is 38.1 Å². The summed E-state index contributed by atoms with van der Waals surface area (Å²) in [5, 5.41) is 6.45. The van der Waals surface area contributed by atoms with E-state index in [2.05, 4.69) is 15.8 Å². The first-order valence-electron chi connectivity index (χ1n) is 9.02. The lowest BCUT2D eigenvalue weighted by Crippen LogP contribution is -2.34. The summed E-state index contributed by atoms with van der Waals surface area (Å²) in [7, 11) is 2.99. The molecule has 0 aliphatic carbocycles. The summed E-state index contributed by atoms with van der Waals surface area (Å²) < 4.78 is 16.0. The van der Waals surface area contributed by atoms with E-state index >= 15 is 0 Å². The number of hydrogen-bond acceptors (Lipinski definition) is 6. The fourth-order valence-electron chi connectivity index (χ4n) is 2.40. The van der Waals surface area contributed by atoms with Gasteiger partial charge in [-0.15, -0.1) is 0 Å². The lowest BCUT2D eigenvalue weighted by Gasteiger charge is -2.11. The molecule has 2 N–H and O–H groups in total. The van der Waals surface area contributed by atoms with Crippen molar-refractivity contribution in [2.45, 2.75) is 20.0 Å². The number of ether oxygens (including phenoxy) is 3. The van der Waals surface area contributed by atoms with E-state index in [9.17, 15) is 9.59 Å². The number of hydrogen-bond donors (Lipinski definition) is 2. The van der Waals surface area contributed by atoms with Crippen molar-refractivity contribution in [2.24, 2.45) is 5.10 Å². The summed E-state index contributed by atoms with van der Waals surface area (Å²) >= 11 is 0. The Morgan fingerprint density at radius 2 is 1.76 bits per heavy atom. The second-order valence-electron chi connectivity index (χ2n) is 6.25. The van der Waals surface area contributed by atoms with Crippen molar-refractivity contribution in [2.75, 3.05) is 20.8 Å². The molecule has 0 saturated carbocycles. The molecular formula is C21H25N3O5. The fraction of sp³-hybridized carbons (Fsp3) is 0.286. The van der Waals surface area contributed by atoms with Crippen LogP contribution in [0.25, 0.3) is 0 Å². The van der Waals surface area contributed by atoms with Gasteiger partial charge in [-0.3, -0.25) is 9.59 Å². The number of rotatable bonds is 9. The van der Waals surface area contributed by atoms with E-state index in [1.54, 1.807) is 12.1 Å². The molecule has 0 atom stereocenters. The molecular weight excluding hydrogens is 374 g/mol. The Labute approximate surface area is 169 Å². The van der Waals surface area contributed by atoms with Crippen LogP contribution < -0.4 is 25.0 Å². The monoisotopic (exact) mass is 399 g/mol. The lowest BCUT2D eigenvalue weighted by molar-refractivity contribution is -0.120. The topological polar surface area (TPSA) is 98.2 Å². The molecule has 0 radical (unpaired) electrons. The zero-order valence-corrected chi connectivity index (χ0v) is 16.9. The second kappa shape index (κ2) is 10.7. The molecule has 8 nitrogen and oxygen atoms in total. The maximum absolute atomic E-state index is 12.2. The maximum Gasteiger partial charge on any atom is 0.259 e. The van der Waals surface area contributed by atoms with E-state index in [1.165, 1.54) is 26.5 Å². The van der Waals surface area contributed by atoms with Crippen LogP contribution >= 0.6 is 0 Å². The highest BCUT2D eigenvalue weighted by atomic mass is 16.5. The van der Waals surface area contributed by atoms with Crippen molar-refractivity contribution in [3.8, 4) is 17.2 Å². The van der Waals surface area contributed by atoms with Crippen LogP contribution in [0.15, 0.2) is 47.6 Å². The number of carbonyl (C=O) groups excluding carboxylic acids is 2. The molecule has 2 amide bonds. The van der Waals surface area contributed by atoms with Crippen LogP contribution in [0.1, 0.15) is 29.8 Å². The first kappa shape index (κ1) is 21.7. The van der Waals surface area contributed by atoms with Gasteiger partial charge in [0, 0.05) is 11.1 Å². The number of methoxy groups -OCH3 is 2. The van der Waals surface area contributed by atoms with E-state index in [-0.39, 0.29) is 12.6 Å². The Morgan fingerprint density at radius 3 is 2.45 bits per heavy atom. The highest BCUT2D eigenvalue weighted by molar-refractivity contribution is 5.97. The molecule has 0 aliphatic heterocycles. The third kappa shape index (κ3) is 6.53. The highest BCUT2D eigenvalue weighted by Crippen LogP contribution is 2.27. The minimum Gasteiger partial charge on any atom is -0.493 e. The number of hydrazone groups is 1. The number of benzene rings is 2. The summed E-state index contributed by atoms with van der Waals surface area (Å²) in [6.45, 7) is 3.63. The summed E-state index contributed by atoms with van der Waals surface area (Å²) in [6, 6.07) is 12.1. The number of nitrogens with zero attached hydrogens (tertiary/aromatic N) is 1. The molecule has 2 aromatic rings. The van der Waals surface area contributed by atoms with E-state index in [4.69, 9.17) is 14.2 Å². The smallest absolute Gasteiger partial charge is 0.259 e. The first-order valence-corrected chi connectivity index (χ1v) is 9.02. The molecule has 0 aromatic heterocycles. The first-order chi connectivity index (χ1) is 13.9. The second-order valence-corrected chi connectivity index (χ2v) is 6.25. The van der Waals surface area contributed by atoms with Gasteiger partial charge >= 0.3 is 0 Å². The van der Waals surface area contributed by atoms with Crippen molar-refractivity contribution in [3.05, 3.63) is 53.6 Å². The Bertz CT molecular complexity index is 880. The Morgan fingerprint density at radius 1 is 1.03 bits per heavy atom. The van der Waals surface area contributed by atoms with Crippen LogP contribution in [-0.2, 0) is 4.79 Å². The molecule has 2 aromatic carbocycles. The Kier molecular flexibility index (Phi) is 8.02. The summed E-state index contributed by atoms with van der Waals surface area (Å²) in [5.74, 6) is 0.731. The number of amides is 2. The van der Waals surface area contributed by atoms with E-state index in [0.29, 0.717) is 22.8 Å². The molecule has 0 fully saturated rings. The molecule has 0 bridgehead atoms. The molecule has 0 spiro atoms. The van der Waals surface area contributed by atoms with Crippen LogP contribution in [0.3, 0.4) is 0 Å².